The highest BCUT2D eigenvalue weighted by Crippen LogP contribution is 2.34. The zero-order valence-corrected chi connectivity index (χ0v) is 11.0. The van der Waals surface area contributed by atoms with E-state index in [0.29, 0.717) is 0 Å². The molecule has 1 aliphatic heterocycles. The van der Waals surface area contributed by atoms with Gasteiger partial charge < -0.3 is 10.0 Å². The number of aromatic carboxylic acids is 1. The van der Waals surface area contributed by atoms with Crippen LogP contribution in [0.4, 0.5) is 5.82 Å². The normalized spacial score (nSPS) is 22.3. The van der Waals surface area contributed by atoms with Gasteiger partial charge in [-0.2, -0.15) is 0 Å². The molecule has 6 nitrogen and oxygen atoms in total. The van der Waals surface area contributed by atoms with Crippen LogP contribution in [0.5, 0.6) is 0 Å². The summed E-state index contributed by atoms with van der Waals surface area (Å²) in [5.74, 6) is -1.17. The Morgan fingerprint density at radius 1 is 1.47 bits per heavy atom. The molecule has 1 aliphatic rings. The largest absolute Gasteiger partial charge is 0.478 e. The Morgan fingerprint density at radius 2 is 2.16 bits per heavy atom. The van der Waals surface area contributed by atoms with Gasteiger partial charge in [0.2, 0.25) is 0 Å². The van der Waals surface area contributed by atoms with Crippen LogP contribution in [0.1, 0.15) is 31.1 Å². The topological polar surface area (TPSA) is 82.9 Å². The van der Waals surface area contributed by atoms with Crippen LogP contribution < -0.4 is 4.90 Å². The first-order chi connectivity index (χ1) is 8.89. The minimum absolute atomic E-state index is 0.0360. The second kappa shape index (κ2) is 4.46. The number of carbonyl (C=O) groups excluding carboxylic acids is 1. The van der Waals surface area contributed by atoms with Gasteiger partial charge in [0.25, 0.3) is 5.91 Å². The maximum absolute atomic E-state index is 12.0. The number of rotatable bonds is 3. The minimum Gasteiger partial charge on any atom is -0.478 e. The van der Waals surface area contributed by atoms with Crippen LogP contribution >= 0.6 is 0 Å². The quantitative estimate of drug-likeness (QED) is 0.892. The summed E-state index contributed by atoms with van der Waals surface area (Å²) in [4.78, 5) is 32.7. The second-order valence-electron chi connectivity index (χ2n) is 4.90. The highest BCUT2D eigenvalue weighted by atomic mass is 16.4. The Morgan fingerprint density at radius 3 is 2.74 bits per heavy atom. The van der Waals surface area contributed by atoms with Gasteiger partial charge in [-0.3, -0.25) is 4.79 Å². The molecule has 1 aromatic heterocycles. The number of hydrogen-bond acceptors (Lipinski definition) is 4. The van der Waals surface area contributed by atoms with Crippen molar-refractivity contribution in [3.8, 4) is 0 Å². The Hall–Kier alpha value is -2.24. The fourth-order valence-electron chi connectivity index (χ4n) is 2.02. The van der Waals surface area contributed by atoms with Crippen LogP contribution in [0, 0.1) is 5.92 Å². The fraction of sp³-hybridized carbons (Fsp3) is 0.385. The van der Waals surface area contributed by atoms with E-state index in [4.69, 9.17) is 0 Å². The number of anilines is 1. The van der Waals surface area contributed by atoms with Crippen molar-refractivity contribution in [1.82, 2.24) is 4.98 Å². The van der Waals surface area contributed by atoms with Gasteiger partial charge in [0, 0.05) is 6.20 Å². The molecule has 0 aliphatic carbocycles. The molecule has 19 heavy (non-hydrogen) atoms. The van der Waals surface area contributed by atoms with E-state index in [0.717, 1.165) is 0 Å². The van der Waals surface area contributed by atoms with Gasteiger partial charge in [-0.25, -0.2) is 14.8 Å². The Kier molecular flexibility index (Phi) is 3.09. The number of amides is 1. The summed E-state index contributed by atoms with van der Waals surface area (Å²) in [5.41, 5.74) is -0.853. The molecule has 100 valence electrons. The molecule has 1 amide bonds. The number of carbonyl (C=O) groups is 2. The number of pyridine rings is 1. The van der Waals surface area contributed by atoms with E-state index in [-0.39, 0.29) is 23.2 Å². The lowest BCUT2D eigenvalue weighted by Gasteiger charge is -2.36. The van der Waals surface area contributed by atoms with E-state index in [9.17, 15) is 14.7 Å². The van der Waals surface area contributed by atoms with E-state index in [1.54, 1.807) is 17.9 Å². The molecule has 1 unspecified atom stereocenters. The van der Waals surface area contributed by atoms with Crippen LogP contribution in [0.2, 0.25) is 0 Å². The SMILES string of the molecule is CC(C)C1(C)C(=O)N=CN1c1ncccc1C(=O)O. The molecule has 0 aromatic carbocycles. The molecular formula is C13H15N3O3. The van der Waals surface area contributed by atoms with Crippen LogP contribution in [0.3, 0.4) is 0 Å². The van der Waals surface area contributed by atoms with Crippen molar-refractivity contribution in [2.45, 2.75) is 26.3 Å². The van der Waals surface area contributed by atoms with Crippen molar-refractivity contribution in [3.05, 3.63) is 23.9 Å². The summed E-state index contributed by atoms with van der Waals surface area (Å²) in [6.07, 6.45) is 2.86. The molecule has 1 aromatic rings. The minimum atomic E-state index is -1.08. The Balaban J connectivity index is 2.56. The molecule has 2 heterocycles. The lowest BCUT2D eigenvalue weighted by atomic mass is 9.86. The third-order valence-corrected chi connectivity index (χ3v) is 3.59. The highest BCUT2D eigenvalue weighted by Gasteiger charge is 2.47. The molecule has 0 fully saturated rings. The maximum atomic E-state index is 12.0. The summed E-state index contributed by atoms with van der Waals surface area (Å²) in [6, 6.07) is 3.01. The second-order valence-corrected chi connectivity index (χ2v) is 4.90. The van der Waals surface area contributed by atoms with Crippen LogP contribution in [-0.4, -0.2) is 33.8 Å². The van der Waals surface area contributed by atoms with Crippen molar-refractivity contribution in [2.24, 2.45) is 10.9 Å². The predicted molar refractivity (Wildman–Crippen MR) is 70.4 cm³/mol. The molecule has 1 atom stereocenters. The molecule has 0 saturated carbocycles. The summed E-state index contributed by atoms with van der Waals surface area (Å²) < 4.78 is 0. The number of carboxylic acids is 1. The first-order valence-electron chi connectivity index (χ1n) is 5.95. The summed E-state index contributed by atoms with van der Waals surface area (Å²) >= 11 is 0. The maximum Gasteiger partial charge on any atom is 0.339 e. The summed E-state index contributed by atoms with van der Waals surface area (Å²) in [5, 5.41) is 9.20. The van der Waals surface area contributed by atoms with Gasteiger partial charge >= 0.3 is 5.97 Å². The molecule has 0 bridgehead atoms. The third kappa shape index (κ3) is 1.89. The van der Waals surface area contributed by atoms with Gasteiger partial charge in [0.15, 0.2) is 0 Å². The van der Waals surface area contributed by atoms with E-state index in [1.165, 1.54) is 18.6 Å². The third-order valence-electron chi connectivity index (χ3n) is 3.59. The average Bonchev–Trinajstić information content (AvgIpc) is 2.67. The van der Waals surface area contributed by atoms with Crippen molar-refractivity contribution in [2.75, 3.05) is 4.90 Å². The lowest BCUT2D eigenvalue weighted by molar-refractivity contribution is -0.122. The fourth-order valence-corrected chi connectivity index (χ4v) is 2.02. The van der Waals surface area contributed by atoms with Gasteiger partial charge in [0.05, 0.1) is 0 Å². The van der Waals surface area contributed by atoms with Crippen LogP contribution in [0.25, 0.3) is 0 Å². The van der Waals surface area contributed by atoms with Crippen molar-refractivity contribution < 1.29 is 14.7 Å². The molecule has 1 N–H and O–H groups in total. The van der Waals surface area contributed by atoms with E-state index < -0.39 is 11.5 Å². The molecule has 2 rings (SSSR count). The molecule has 0 radical (unpaired) electrons. The number of aliphatic imine (C=N–C) groups is 1. The first-order valence-corrected chi connectivity index (χ1v) is 5.95. The van der Waals surface area contributed by atoms with Crippen LogP contribution in [0.15, 0.2) is 23.3 Å². The monoisotopic (exact) mass is 261 g/mol. The van der Waals surface area contributed by atoms with Gasteiger partial charge in [-0.05, 0) is 25.0 Å². The van der Waals surface area contributed by atoms with Crippen molar-refractivity contribution in [3.63, 3.8) is 0 Å². The zero-order chi connectivity index (χ0) is 14.2. The van der Waals surface area contributed by atoms with Crippen molar-refractivity contribution in [1.29, 1.82) is 0 Å². The first kappa shape index (κ1) is 13.2. The highest BCUT2D eigenvalue weighted by molar-refractivity contribution is 6.09. The summed E-state index contributed by atoms with van der Waals surface area (Å²) in [7, 11) is 0. The van der Waals surface area contributed by atoms with Gasteiger partial charge in [-0.1, -0.05) is 13.8 Å². The van der Waals surface area contributed by atoms with Gasteiger partial charge in [-0.15, -0.1) is 0 Å². The van der Waals surface area contributed by atoms with E-state index in [2.05, 4.69) is 9.98 Å². The molecule has 0 saturated heterocycles. The Labute approximate surface area is 110 Å². The van der Waals surface area contributed by atoms with Crippen LogP contribution in [-0.2, 0) is 4.79 Å². The molecular weight excluding hydrogens is 246 g/mol. The molecule has 6 heteroatoms. The standard InChI is InChI=1S/C13H15N3O3/c1-8(2)13(3)12(19)15-7-16(13)10-9(11(17)18)5-4-6-14-10/h4-8H,1-3H3,(H,17,18). The summed E-state index contributed by atoms with van der Waals surface area (Å²) in [6.45, 7) is 5.53. The smallest absolute Gasteiger partial charge is 0.339 e. The van der Waals surface area contributed by atoms with E-state index in [1.807, 2.05) is 13.8 Å². The van der Waals surface area contributed by atoms with E-state index >= 15 is 0 Å². The number of hydrogen-bond donors (Lipinski definition) is 1. The van der Waals surface area contributed by atoms with Crippen molar-refractivity contribution >= 4 is 24.0 Å². The lowest BCUT2D eigenvalue weighted by Crippen LogP contribution is -2.52. The number of carboxylic acid groups (broad SMARTS) is 1. The Bertz CT molecular complexity index is 568. The molecule has 0 spiro atoms. The number of aromatic nitrogens is 1. The predicted octanol–water partition coefficient (Wildman–Crippen LogP) is 1.57. The number of nitrogens with zero attached hydrogens (tertiary/aromatic N) is 3. The van der Waals surface area contributed by atoms with Gasteiger partial charge in [0.1, 0.15) is 23.3 Å². The zero-order valence-electron chi connectivity index (χ0n) is 11.0. The average molecular weight is 261 g/mol.